The Labute approximate surface area is 348 Å². The molecule has 0 aliphatic carbocycles. The molecule has 58 heavy (non-hydrogen) atoms. The Balaban J connectivity index is 1.07. The molecule has 0 bridgehead atoms. The van der Waals surface area contributed by atoms with E-state index in [0.717, 1.165) is 54.9 Å². The first kappa shape index (κ1) is 42.2. The van der Waals surface area contributed by atoms with Crippen LogP contribution >= 0.6 is 23.4 Å². The highest BCUT2D eigenvalue weighted by molar-refractivity contribution is 7.99. The molecule has 5 aromatic carbocycles. The average molecular weight is 841 g/mol. The molecular weight excluding hydrogens is 796 g/mol. The molecule has 1 atom stereocenters. The third-order valence-electron chi connectivity index (χ3n) is 9.90. The van der Waals surface area contributed by atoms with Crippen LogP contribution in [0, 0.1) is 10.1 Å². The second-order valence-electron chi connectivity index (χ2n) is 14.1. The summed E-state index contributed by atoms with van der Waals surface area (Å²) in [5.74, 6) is -0.446. The van der Waals surface area contributed by atoms with Crippen molar-refractivity contribution in [3.8, 4) is 11.1 Å². The van der Waals surface area contributed by atoms with Crippen molar-refractivity contribution in [1.29, 1.82) is 0 Å². The Morgan fingerprint density at radius 2 is 1.55 bits per heavy atom. The number of nitro groups is 1. The van der Waals surface area contributed by atoms with Gasteiger partial charge in [-0.3, -0.25) is 24.6 Å². The largest absolute Gasteiger partial charge is 0.376 e. The van der Waals surface area contributed by atoms with Gasteiger partial charge in [0.15, 0.2) is 0 Å². The fraction of sp³-hybridized carbons (Fsp3) is 0.256. The average Bonchev–Trinajstić information content (AvgIpc) is 3.22. The topological polar surface area (TPSA) is 145 Å². The molecule has 15 heteroatoms. The molecule has 0 unspecified atom stereocenters. The molecule has 0 saturated carbocycles. The van der Waals surface area contributed by atoms with Crippen LogP contribution in [-0.4, -0.2) is 87.0 Å². The second kappa shape index (κ2) is 19.4. The van der Waals surface area contributed by atoms with Crippen LogP contribution in [0.5, 0.6) is 0 Å². The lowest BCUT2D eigenvalue weighted by atomic mass is 9.99. The van der Waals surface area contributed by atoms with E-state index in [-0.39, 0.29) is 29.6 Å². The predicted molar refractivity (Wildman–Crippen MR) is 231 cm³/mol. The number of halogens is 1. The van der Waals surface area contributed by atoms with Crippen LogP contribution in [0.25, 0.3) is 11.1 Å². The van der Waals surface area contributed by atoms with E-state index < -0.39 is 31.4 Å². The quantitative estimate of drug-likeness (QED) is 0.0574. The highest BCUT2D eigenvalue weighted by Crippen LogP contribution is 2.31. The molecular formula is C43H45ClN6O6S2. The van der Waals surface area contributed by atoms with Gasteiger partial charge in [-0.2, -0.15) is 0 Å². The van der Waals surface area contributed by atoms with E-state index >= 15 is 0 Å². The molecule has 1 saturated heterocycles. The summed E-state index contributed by atoms with van der Waals surface area (Å²) in [7, 11) is -1.15. The van der Waals surface area contributed by atoms with Crippen molar-refractivity contribution in [1.82, 2.24) is 14.5 Å². The number of thioether (sulfide) groups is 1. The summed E-state index contributed by atoms with van der Waals surface area (Å²) in [6, 6.07) is 35.7. The van der Waals surface area contributed by atoms with Crippen LogP contribution in [0.15, 0.2) is 131 Å². The van der Waals surface area contributed by atoms with Gasteiger partial charge in [0, 0.05) is 92.3 Å². The second-order valence-corrected chi connectivity index (χ2v) is 17.3. The Morgan fingerprint density at radius 1 is 0.879 bits per heavy atom. The van der Waals surface area contributed by atoms with Crippen LogP contribution in [0.1, 0.15) is 28.8 Å². The number of rotatable bonds is 16. The van der Waals surface area contributed by atoms with E-state index in [4.69, 9.17) is 11.6 Å². The van der Waals surface area contributed by atoms with Gasteiger partial charge in [-0.15, -0.1) is 11.8 Å². The summed E-state index contributed by atoms with van der Waals surface area (Å²) in [6.45, 7) is 4.01. The number of nitrogens with one attached hydrogen (secondary N) is 2. The highest BCUT2D eigenvalue weighted by Gasteiger charge is 2.26. The van der Waals surface area contributed by atoms with Crippen LogP contribution in [0.3, 0.4) is 0 Å². The van der Waals surface area contributed by atoms with Gasteiger partial charge in [0.2, 0.25) is 5.91 Å². The van der Waals surface area contributed by atoms with Crippen molar-refractivity contribution >= 4 is 62.3 Å². The number of sulfonamides is 1. The summed E-state index contributed by atoms with van der Waals surface area (Å²) in [6.07, 6.45) is 0.603. The first-order chi connectivity index (χ1) is 27.9. The minimum atomic E-state index is -4.48. The first-order valence-electron chi connectivity index (χ1n) is 18.8. The summed E-state index contributed by atoms with van der Waals surface area (Å²) >= 11 is 7.65. The number of carbonyl (C=O) groups excluding carboxylic acids is 2. The molecule has 0 aromatic heterocycles. The number of amides is 2. The predicted octanol–water partition coefficient (Wildman–Crippen LogP) is 7.80. The smallest absolute Gasteiger partial charge is 0.293 e. The Kier molecular flexibility index (Phi) is 14.1. The summed E-state index contributed by atoms with van der Waals surface area (Å²) in [5, 5.41) is 16.1. The number of hydrogen-bond donors (Lipinski definition) is 2. The number of hydrogen-bond acceptors (Lipinski definition) is 10. The summed E-state index contributed by atoms with van der Waals surface area (Å²) in [4.78, 5) is 43.8. The molecule has 1 fully saturated rings. The molecule has 5 aromatic rings. The van der Waals surface area contributed by atoms with Crippen molar-refractivity contribution in [3.63, 3.8) is 0 Å². The minimum Gasteiger partial charge on any atom is -0.376 e. The van der Waals surface area contributed by atoms with Gasteiger partial charge in [-0.25, -0.2) is 13.1 Å². The van der Waals surface area contributed by atoms with Gasteiger partial charge in [0.05, 0.1) is 9.82 Å². The summed E-state index contributed by atoms with van der Waals surface area (Å²) in [5.41, 5.74) is 4.19. The molecule has 2 amide bonds. The van der Waals surface area contributed by atoms with E-state index in [1.807, 2.05) is 60.7 Å². The molecule has 0 radical (unpaired) electrons. The molecule has 1 heterocycles. The fourth-order valence-corrected chi connectivity index (χ4v) is 8.75. The number of carbonyl (C=O) groups is 2. The number of anilines is 2. The monoisotopic (exact) mass is 840 g/mol. The lowest BCUT2D eigenvalue weighted by molar-refractivity contribution is -0.384. The van der Waals surface area contributed by atoms with E-state index in [2.05, 4.69) is 38.0 Å². The van der Waals surface area contributed by atoms with Gasteiger partial charge in [0.1, 0.15) is 5.69 Å². The third kappa shape index (κ3) is 11.2. The van der Waals surface area contributed by atoms with Crippen LogP contribution in [0.4, 0.5) is 17.1 Å². The van der Waals surface area contributed by atoms with Gasteiger partial charge in [0.25, 0.3) is 21.6 Å². The highest BCUT2D eigenvalue weighted by atomic mass is 35.5. The zero-order chi connectivity index (χ0) is 41.2. The number of benzene rings is 5. The van der Waals surface area contributed by atoms with Crippen molar-refractivity contribution in [2.24, 2.45) is 0 Å². The minimum absolute atomic E-state index is 0.0831. The maximum atomic E-state index is 13.4. The van der Waals surface area contributed by atoms with Gasteiger partial charge < -0.3 is 15.1 Å². The first-order valence-corrected chi connectivity index (χ1v) is 21.6. The molecule has 302 valence electrons. The molecule has 12 nitrogen and oxygen atoms in total. The normalized spacial score (nSPS) is 13.7. The Bertz CT molecular complexity index is 2320. The van der Waals surface area contributed by atoms with Crippen molar-refractivity contribution in [3.05, 3.63) is 148 Å². The lowest BCUT2D eigenvalue weighted by Crippen LogP contribution is -2.46. The standard InChI is InChI=1S/C43H45ClN6O6S2/c1-47(2)42(51)23-18-35(30-57-37-9-4-3-5-10-37)45-40-22-21-38(28-41(40)50(53)54)58(55,56)46-43(52)32-14-19-36(20-15-32)49-26-24-48(25-27-49)29-33-8-6-7-11-39(33)31-12-16-34(44)17-13-31/h3-17,19-22,28,35,45H,18,23-27,29-30H2,1-2H3,(H,46,52)/t35-/m1/s1. The molecule has 0 spiro atoms. The van der Waals surface area contributed by atoms with Crippen LogP contribution in [0.2, 0.25) is 5.02 Å². The van der Waals surface area contributed by atoms with E-state index in [1.165, 1.54) is 39.9 Å². The molecule has 6 rings (SSSR count). The summed E-state index contributed by atoms with van der Waals surface area (Å²) < 4.78 is 28.8. The maximum absolute atomic E-state index is 13.4. The number of nitrogens with zero attached hydrogens (tertiary/aromatic N) is 4. The number of nitro benzene ring substituents is 1. The van der Waals surface area contributed by atoms with Crippen LogP contribution < -0.4 is 14.9 Å². The third-order valence-corrected chi connectivity index (χ3v) is 12.7. The maximum Gasteiger partial charge on any atom is 0.293 e. The molecule has 1 aliphatic heterocycles. The SMILES string of the molecule is CN(C)C(=O)CC[C@H](CSc1ccccc1)Nc1ccc(S(=O)(=O)NC(=O)c2ccc(N3CCN(Cc4ccccc4-c4ccc(Cl)cc4)CC3)cc2)cc1[N+](=O)[O-]. The zero-order valence-electron chi connectivity index (χ0n) is 32.2. The van der Waals surface area contributed by atoms with E-state index in [1.54, 1.807) is 38.4 Å². The van der Waals surface area contributed by atoms with E-state index in [9.17, 15) is 28.1 Å². The Morgan fingerprint density at radius 3 is 2.22 bits per heavy atom. The van der Waals surface area contributed by atoms with Crippen molar-refractivity contribution < 1.29 is 22.9 Å². The van der Waals surface area contributed by atoms with Gasteiger partial charge in [-0.1, -0.05) is 66.2 Å². The Hall–Kier alpha value is -5.41. The van der Waals surface area contributed by atoms with Crippen molar-refractivity contribution in [2.75, 3.05) is 56.2 Å². The fourth-order valence-electron chi connectivity index (χ4n) is 6.64. The van der Waals surface area contributed by atoms with Gasteiger partial charge in [-0.05, 0) is 83.8 Å². The number of piperazine rings is 1. The van der Waals surface area contributed by atoms with E-state index in [0.29, 0.717) is 17.2 Å². The van der Waals surface area contributed by atoms with Crippen molar-refractivity contribution in [2.45, 2.75) is 35.2 Å². The zero-order valence-corrected chi connectivity index (χ0v) is 34.6. The molecule has 2 N–H and O–H groups in total. The lowest BCUT2D eigenvalue weighted by Gasteiger charge is -2.36. The van der Waals surface area contributed by atoms with Gasteiger partial charge >= 0.3 is 0 Å². The molecule has 1 aliphatic rings. The van der Waals surface area contributed by atoms with Crippen LogP contribution in [-0.2, 0) is 21.4 Å².